The molecule has 44 heavy (non-hydrogen) atoms. The summed E-state index contributed by atoms with van der Waals surface area (Å²) in [5, 5.41) is 5.79. The molecule has 2 aromatic carbocycles. The van der Waals surface area contributed by atoms with Gasteiger partial charge < -0.3 is 20.1 Å². The van der Waals surface area contributed by atoms with Crippen LogP contribution in [-0.4, -0.2) is 33.4 Å². The first-order chi connectivity index (χ1) is 21.3. The molecular weight excluding hydrogens is 636 g/mol. The molecule has 0 aliphatic heterocycles. The van der Waals surface area contributed by atoms with Crippen LogP contribution < -0.4 is 20.1 Å². The van der Waals surface area contributed by atoms with E-state index in [-0.39, 0.29) is 11.4 Å². The van der Waals surface area contributed by atoms with Crippen LogP contribution in [-0.2, 0) is 16.0 Å². The predicted octanol–water partition coefficient (Wildman–Crippen LogP) is 6.84. The van der Waals surface area contributed by atoms with Gasteiger partial charge in [-0.15, -0.1) is 0 Å². The molecule has 1 aliphatic carbocycles. The molecule has 0 saturated heterocycles. The number of benzene rings is 2. The monoisotopic (exact) mass is 659 g/mol. The van der Waals surface area contributed by atoms with Gasteiger partial charge in [0.25, 0.3) is 0 Å². The van der Waals surface area contributed by atoms with Crippen molar-refractivity contribution >= 4 is 50.0 Å². The second-order valence-corrected chi connectivity index (χ2v) is 10.9. The van der Waals surface area contributed by atoms with Crippen LogP contribution in [0.3, 0.4) is 0 Å². The molecule has 1 aliphatic rings. The van der Waals surface area contributed by atoms with Crippen molar-refractivity contribution in [3.05, 3.63) is 107 Å². The summed E-state index contributed by atoms with van der Waals surface area (Å²) < 4.78 is 40.6. The number of ether oxygens (including phenoxy) is 2. The van der Waals surface area contributed by atoms with Crippen molar-refractivity contribution < 1.29 is 27.8 Å². The van der Waals surface area contributed by atoms with Gasteiger partial charge in [0.05, 0.1) is 17.5 Å². The third-order valence-electron chi connectivity index (χ3n) is 7.17. The molecule has 0 radical (unpaired) electrons. The van der Waals surface area contributed by atoms with Gasteiger partial charge in [0.15, 0.2) is 11.6 Å². The molecule has 5 aromatic rings. The number of aromatic nitrogens is 3. The second-order valence-electron chi connectivity index (χ2n) is 10.1. The summed E-state index contributed by atoms with van der Waals surface area (Å²) in [5.41, 5.74) is 0.863. The average molecular weight is 660 g/mol. The number of halogens is 3. The number of nitrogens with zero attached hydrogens (tertiary/aromatic N) is 3. The molecule has 0 atom stereocenters. The molecule has 2 amide bonds. The fraction of sp³-hybridized carbons (Fsp3) is 0.156. The first kappa shape index (κ1) is 29.1. The van der Waals surface area contributed by atoms with Crippen molar-refractivity contribution in [2.75, 3.05) is 17.2 Å². The van der Waals surface area contributed by atoms with E-state index in [1.54, 1.807) is 24.7 Å². The zero-order valence-electron chi connectivity index (χ0n) is 23.0. The van der Waals surface area contributed by atoms with Crippen LogP contribution in [0.25, 0.3) is 10.9 Å². The van der Waals surface area contributed by atoms with Crippen LogP contribution in [0.5, 0.6) is 17.4 Å². The van der Waals surface area contributed by atoms with E-state index in [0.717, 1.165) is 11.6 Å². The number of anilines is 2. The molecule has 0 unspecified atom stereocenters. The summed E-state index contributed by atoms with van der Waals surface area (Å²) in [6.07, 6.45) is 7.87. The van der Waals surface area contributed by atoms with Crippen molar-refractivity contribution in [2.45, 2.75) is 19.3 Å². The van der Waals surface area contributed by atoms with Gasteiger partial charge in [0.2, 0.25) is 17.7 Å². The lowest BCUT2D eigenvalue weighted by atomic mass is 10.0. The molecule has 3 heterocycles. The number of carbonyl (C=O) groups excluding carboxylic acids is 2. The molecule has 2 N–H and O–H groups in total. The van der Waals surface area contributed by atoms with Crippen LogP contribution in [0.15, 0.2) is 89.9 Å². The van der Waals surface area contributed by atoms with E-state index in [2.05, 4.69) is 41.5 Å². The van der Waals surface area contributed by atoms with Gasteiger partial charge in [-0.3, -0.25) is 19.6 Å². The minimum atomic E-state index is -1.28. The summed E-state index contributed by atoms with van der Waals surface area (Å²) in [4.78, 5) is 38.6. The van der Waals surface area contributed by atoms with Crippen molar-refractivity contribution in [3.63, 3.8) is 0 Å². The first-order valence-corrected chi connectivity index (χ1v) is 14.4. The number of hydrogen-bond donors (Lipinski definition) is 2. The summed E-state index contributed by atoms with van der Waals surface area (Å²) in [5.74, 6) is -1.63. The number of amides is 2. The van der Waals surface area contributed by atoms with Gasteiger partial charge in [-0.05, 0) is 88.9 Å². The van der Waals surface area contributed by atoms with E-state index in [1.165, 1.54) is 42.6 Å². The van der Waals surface area contributed by atoms with Crippen LogP contribution >= 0.6 is 15.9 Å². The summed E-state index contributed by atoms with van der Waals surface area (Å²) >= 11 is 3.51. The topological polar surface area (TPSA) is 115 Å². The van der Waals surface area contributed by atoms with Gasteiger partial charge in [-0.25, -0.2) is 13.8 Å². The Kier molecular flexibility index (Phi) is 8.16. The largest absolute Gasteiger partial charge is 0.476 e. The fourth-order valence-electron chi connectivity index (χ4n) is 4.54. The molecule has 1 fully saturated rings. The number of fused-ring (bicyclic) bond motifs is 1. The number of nitrogens with one attached hydrogen (secondary N) is 2. The number of rotatable bonds is 10. The Morgan fingerprint density at radius 2 is 1.57 bits per heavy atom. The fourth-order valence-corrected chi connectivity index (χ4v) is 5.07. The van der Waals surface area contributed by atoms with Gasteiger partial charge in [0.1, 0.15) is 21.5 Å². The average Bonchev–Trinajstić information content (AvgIpc) is 3.84. The summed E-state index contributed by atoms with van der Waals surface area (Å²) in [7, 11) is 0. The van der Waals surface area contributed by atoms with E-state index in [4.69, 9.17) is 9.47 Å². The Morgan fingerprint density at radius 3 is 2.27 bits per heavy atom. The van der Waals surface area contributed by atoms with Crippen LogP contribution in [0.2, 0.25) is 0 Å². The van der Waals surface area contributed by atoms with Crippen LogP contribution in [0.4, 0.5) is 20.2 Å². The van der Waals surface area contributed by atoms with Crippen molar-refractivity contribution in [1.29, 1.82) is 0 Å². The standard InChI is InChI=1S/C32H24BrF2N5O4/c33-27-28-23(18-38-29(27)43-16-10-19-7-13-36-14-8-19)25(9-15-37-28)44-26-6-5-22(17-24(26)35)40-31(42)32(11-12-32)30(41)39-21-3-1-20(34)2-4-21/h1-9,13-15,17-18H,10-12,16H2,(H,39,41)(H,40,42). The molecule has 12 heteroatoms. The zero-order chi connectivity index (χ0) is 30.7. The molecule has 0 spiro atoms. The molecule has 9 nitrogen and oxygen atoms in total. The molecule has 0 bridgehead atoms. The van der Waals surface area contributed by atoms with Crippen LogP contribution in [0.1, 0.15) is 18.4 Å². The minimum Gasteiger partial charge on any atom is -0.476 e. The Hall–Kier alpha value is -4.97. The maximum Gasteiger partial charge on any atom is 0.240 e. The Morgan fingerprint density at radius 1 is 0.864 bits per heavy atom. The van der Waals surface area contributed by atoms with Crippen molar-refractivity contribution in [2.24, 2.45) is 5.41 Å². The van der Waals surface area contributed by atoms with Gasteiger partial charge in [-0.1, -0.05) is 0 Å². The Bertz CT molecular complexity index is 1850. The third kappa shape index (κ3) is 6.20. The molecule has 1 saturated carbocycles. The van der Waals surface area contributed by atoms with Crippen molar-refractivity contribution in [3.8, 4) is 17.4 Å². The van der Waals surface area contributed by atoms with E-state index in [1.807, 2.05) is 12.1 Å². The highest BCUT2D eigenvalue weighted by atomic mass is 79.9. The third-order valence-corrected chi connectivity index (χ3v) is 7.88. The van der Waals surface area contributed by atoms with Gasteiger partial charge in [0, 0.05) is 48.6 Å². The van der Waals surface area contributed by atoms with Crippen LogP contribution in [0, 0.1) is 17.0 Å². The van der Waals surface area contributed by atoms with Crippen molar-refractivity contribution in [1.82, 2.24) is 15.0 Å². The second kappa shape index (κ2) is 12.3. The molecular formula is C32H24BrF2N5O4. The Labute approximate surface area is 258 Å². The smallest absolute Gasteiger partial charge is 0.240 e. The number of carbonyl (C=O) groups is 2. The number of pyridine rings is 3. The van der Waals surface area contributed by atoms with Gasteiger partial charge >= 0.3 is 0 Å². The van der Waals surface area contributed by atoms with E-state index in [0.29, 0.717) is 58.6 Å². The molecule has 222 valence electrons. The predicted molar refractivity (Wildman–Crippen MR) is 162 cm³/mol. The van der Waals surface area contributed by atoms with E-state index < -0.39 is 28.9 Å². The highest BCUT2D eigenvalue weighted by Gasteiger charge is 2.56. The zero-order valence-corrected chi connectivity index (χ0v) is 24.6. The highest BCUT2D eigenvalue weighted by molar-refractivity contribution is 9.10. The lowest BCUT2D eigenvalue weighted by Crippen LogP contribution is -2.35. The van der Waals surface area contributed by atoms with Gasteiger partial charge in [-0.2, -0.15) is 0 Å². The maximum absolute atomic E-state index is 15.1. The van der Waals surface area contributed by atoms with E-state index in [9.17, 15) is 14.0 Å². The maximum atomic E-state index is 15.1. The summed E-state index contributed by atoms with van der Waals surface area (Å²) in [6.45, 7) is 0.394. The van der Waals surface area contributed by atoms with E-state index >= 15 is 4.39 Å². The molecule has 3 aromatic heterocycles. The molecule has 6 rings (SSSR count). The summed E-state index contributed by atoms with van der Waals surface area (Å²) in [6, 6.07) is 14.6. The lowest BCUT2D eigenvalue weighted by Gasteiger charge is -2.16. The highest BCUT2D eigenvalue weighted by Crippen LogP contribution is 2.47. The lowest BCUT2D eigenvalue weighted by molar-refractivity contribution is -0.131. The minimum absolute atomic E-state index is 0.0838. The quantitative estimate of drug-likeness (QED) is 0.158. The normalized spacial score (nSPS) is 13.2. The first-order valence-electron chi connectivity index (χ1n) is 13.6. The Balaban J connectivity index is 1.12. The number of hydrogen-bond acceptors (Lipinski definition) is 7. The SMILES string of the molecule is O=C(Nc1ccc(F)cc1)C1(C(=O)Nc2ccc(Oc3ccnc4c(Br)c(OCCc5ccncc5)ncc34)c(F)c2)CC1.